The molecule has 1 aromatic heterocycles. The fourth-order valence-corrected chi connectivity index (χ4v) is 2.19. The van der Waals surface area contributed by atoms with Crippen LogP contribution in [-0.2, 0) is 11.2 Å². The number of carbonyl (C=O) groups excluding carboxylic acids is 1. The van der Waals surface area contributed by atoms with Gasteiger partial charge in [0.25, 0.3) is 0 Å². The molecule has 1 heterocycles. The molecule has 1 atom stereocenters. The molecule has 0 fully saturated rings. The Kier molecular flexibility index (Phi) is 4.85. The number of hydrogen-bond donors (Lipinski definition) is 0. The molecule has 2 rings (SSSR count). The van der Waals surface area contributed by atoms with Gasteiger partial charge in [0.2, 0.25) is 0 Å². The number of rotatable bonds is 6. The van der Waals surface area contributed by atoms with E-state index in [1.807, 2.05) is 12.1 Å². The fourth-order valence-electron chi connectivity index (χ4n) is 2.19. The molecule has 0 N–H and O–H groups in total. The fraction of sp³-hybridized carbons (Fsp3) is 0.294. The van der Waals surface area contributed by atoms with Crippen LogP contribution in [0.5, 0.6) is 0 Å². The number of pyridine rings is 1. The summed E-state index contributed by atoms with van der Waals surface area (Å²) in [5, 5.41) is 0. The average molecular weight is 253 g/mol. The van der Waals surface area contributed by atoms with Gasteiger partial charge in [-0.15, -0.1) is 0 Å². The van der Waals surface area contributed by atoms with Crippen LogP contribution >= 0.6 is 0 Å². The van der Waals surface area contributed by atoms with Crippen LogP contribution in [0, 0.1) is 0 Å². The predicted octanol–water partition coefficient (Wildman–Crippen LogP) is 3.76. The first-order valence-corrected chi connectivity index (χ1v) is 6.79. The molecule has 98 valence electrons. The van der Waals surface area contributed by atoms with Gasteiger partial charge in [-0.05, 0) is 41.7 Å². The number of carbonyl (C=O) groups is 1. The molecule has 0 saturated heterocycles. The minimum Gasteiger partial charge on any atom is -0.302 e. The molecular weight excluding hydrogens is 234 g/mol. The van der Waals surface area contributed by atoms with Crippen LogP contribution in [0.1, 0.15) is 42.4 Å². The minimum absolute atomic E-state index is 0.191. The Morgan fingerprint density at radius 1 is 1.05 bits per heavy atom. The van der Waals surface area contributed by atoms with Gasteiger partial charge in [0.15, 0.2) is 0 Å². The summed E-state index contributed by atoms with van der Waals surface area (Å²) in [6, 6.07) is 12.2. The second kappa shape index (κ2) is 6.83. The van der Waals surface area contributed by atoms with Crippen molar-refractivity contribution in [3.63, 3.8) is 0 Å². The highest BCUT2D eigenvalue weighted by atomic mass is 16.1. The Bertz CT molecular complexity index is 505. The summed E-state index contributed by atoms with van der Waals surface area (Å²) in [6.07, 6.45) is 7.97. The smallest absolute Gasteiger partial charge is 0.131 e. The van der Waals surface area contributed by atoms with E-state index in [1.54, 1.807) is 12.4 Å². The van der Waals surface area contributed by atoms with Crippen molar-refractivity contribution in [2.75, 3.05) is 0 Å². The van der Waals surface area contributed by atoms with Gasteiger partial charge < -0.3 is 4.79 Å². The lowest BCUT2D eigenvalue weighted by Gasteiger charge is -2.11. The van der Waals surface area contributed by atoms with Gasteiger partial charge in [0.05, 0.1) is 5.92 Å². The molecule has 0 radical (unpaired) electrons. The van der Waals surface area contributed by atoms with E-state index in [0.29, 0.717) is 0 Å². The molecule has 0 aliphatic heterocycles. The molecule has 0 saturated carbocycles. The van der Waals surface area contributed by atoms with Gasteiger partial charge in [-0.25, -0.2) is 0 Å². The maximum absolute atomic E-state index is 11.3. The summed E-state index contributed by atoms with van der Waals surface area (Å²) < 4.78 is 0. The van der Waals surface area contributed by atoms with E-state index in [4.69, 9.17) is 0 Å². The SMILES string of the molecule is CCCCc1ccc(C(C=O)c2ccncc2)cc1. The maximum atomic E-state index is 11.3. The van der Waals surface area contributed by atoms with Crippen LogP contribution in [0.3, 0.4) is 0 Å². The number of aryl methyl sites for hydroxylation is 1. The first kappa shape index (κ1) is 13.5. The molecule has 1 aromatic carbocycles. The lowest BCUT2D eigenvalue weighted by atomic mass is 9.92. The van der Waals surface area contributed by atoms with Crippen LogP contribution in [-0.4, -0.2) is 11.3 Å². The number of hydrogen-bond acceptors (Lipinski definition) is 2. The van der Waals surface area contributed by atoms with Crippen LogP contribution in [0.25, 0.3) is 0 Å². The van der Waals surface area contributed by atoms with Gasteiger partial charge >= 0.3 is 0 Å². The lowest BCUT2D eigenvalue weighted by Crippen LogP contribution is -2.02. The monoisotopic (exact) mass is 253 g/mol. The molecule has 2 heteroatoms. The van der Waals surface area contributed by atoms with Crippen molar-refractivity contribution in [2.45, 2.75) is 32.1 Å². The average Bonchev–Trinajstić information content (AvgIpc) is 2.48. The summed E-state index contributed by atoms with van der Waals surface area (Å²) in [5.74, 6) is -0.191. The van der Waals surface area contributed by atoms with Gasteiger partial charge in [0.1, 0.15) is 6.29 Å². The third kappa shape index (κ3) is 3.50. The van der Waals surface area contributed by atoms with Crippen molar-refractivity contribution in [1.29, 1.82) is 0 Å². The first-order chi connectivity index (χ1) is 9.35. The first-order valence-electron chi connectivity index (χ1n) is 6.79. The van der Waals surface area contributed by atoms with Crippen molar-refractivity contribution in [2.24, 2.45) is 0 Å². The molecule has 2 aromatic rings. The largest absolute Gasteiger partial charge is 0.302 e. The number of aldehydes is 1. The Hall–Kier alpha value is -1.96. The van der Waals surface area contributed by atoms with Crippen LogP contribution < -0.4 is 0 Å². The Balaban J connectivity index is 2.18. The quantitative estimate of drug-likeness (QED) is 0.734. The normalized spacial score (nSPS) is 12.1. The molecule has 2 nitrogen and oxygen atoms in total. The summed E-state index contributed by atoms with van der Waals surface area (Å²) in [4.78, 5) is 15.3. The molecule has 0 aliphatic rings. The molecule has 1 unspecified atom stereocenters. The van der Waals surface area contributed by atoms with E-state index >= 15 is 0 Å². The van der Waals surface area contributed by atoms with Crippen molar-refractivity contribution >= 4 is 6.29 Å². The van der Waals surface area contributed by atoms with Crippen LogP contribution in [0.2, 0.25) is 0 Å². The third-order valence-electron chi connectivity index (χ3n) is 3.36. The number of unbranched alkanes of at least 4 members (excludes halogenated alkanes) is 1. The van der Waals surface area contributed by atoms with E-state index in [1.165, 1.54) is 18.4 Å². The van der Waals surface area contributed by atoms with Gasteiger partial charge in [-0.1, -0.05) is 37.6 Å². The summed E-state index contributed by atoms with van der Waals surface area (Å²) in [7, 11) is 0. The van der Waals surface area contributed by atoms with Gasteiger partial charge in [-0.3, -0.25) is 4.98 Å². The number of nitrogens with zero attached hydrogens (tertiary/aromatic N) is 1. The summed E-state index contributed by atoms with van der Waals surface area (Å²) >= 11 is 0. The van der Waals surface area contributed by atoms with Gasteiger partial charge in [-0.2, -0.15) is 0 Å². The van der Waals surface area contributed by atoms with Gasteiger partial charge in [0, 0.05) is 12.4 Å². The second-order valence-electron chi connectivity index (χ2n) is 4.74. The molecule has 0 spiro atoms. The standard InChI is InChI=1S/C17H19NO/c1-2-3-4-14-5-7-15(8-6-14)17(13-19)16-9-11-18-12-10-16/h5-13,17H,2-4H2,1H3. The Morgan fingerprint density at radius 3 is 2.26 bits per heavy atom. The van der Waals surface area contributed by atoms with E-state index in [-0.39, 0.29) is 5.92 Å². The topological polar surface area (TPSA) is 30.0 Å². The molecule has 0 bridgehead atoms. The molecular formula is C17H19NO. The predicted molar refractivity (Wildman–Crippen MR) is 77.2 cm³/mol. The zero-order valence-electron chi connectivity index (χ0n) is 11.3. The zero-order chi connectivity index (χ0) is 13.5. The minimum atomic E-state index is -0.191. The highest BCUT2D eigenvalue weighted by molar-refractivity contribution is 5.68. The number of aromatic nitrogens is 1. The second-order valence-corrected chi connectivity index (χ2v) is 4.74. The lowest BCUT2D eigenvalue weighted by molar-refractivity contribution is -0.108. The Labute approximate surface area is 114 Å². The van der Waals surface area contributed by atoms with Crippen molar-refractivity contribution in [3.8, 4) is 0 Å². The van der Waals surface area contributed by atoms with E-state index in [0.717, 1.165) is 23.8 Å². The number of benzene rings is 1. The highest BCUT2D eigenvalue weighted by Crippen LogP contribution is 2.22. The van der Waals surface area contributed by atoms with Crippen molar-refractivity contribution in [3.05, 3.63) is 65.5 Å². The van der Waals surface area contributed by atoms with Crippen molar-refractivity contribution in [1.82, 2.24) is 4.98 Å². The molecule has 0 aliphatic carbocycles. The van der Waals surface area contributed by atoms with E-state index in [9.17, 15) is 4.79 Å². The third-order valence-corrected chi connectivity index (χ3v) is 3.36. The van der Waals surface area contributed by atoms with E-state index in [2.05, 4.69) is 36.2 Å². The summed E-state index contributed by atoms with van der Waals surface area (Å²) in [6.45, 7) is 2.19. The maximum Gasteiger partial charge on any atom is 0.131 e. The molecule has 0 amide bonds. The highest BCUT2D eigenvalue weighted by Gasteiger charge is 2.12. The van der Waals surface area contributed by atoms with E-state index < -0.39 is 0 Å². The summed E-state index contributed by atoms with van der Waals surface area (Å²) in [5.41, 5.74) is 3.37. The van der Waals surface area contributed by atoms with Crippen LogP contribution in [0.4, 0.5) is 0 Å². The van der Waals surface area contributed by atoms with Crippen molar-refractivity contribution < 1.29 is 4.79 Å². The Morgan fingerprint density at radius 2 is 1.68 bits per heavy atom. The molecule has 19 heavy (non-hydrogen) atoms. The van der Waals surface area contributed by atoms with Crippen LogP contribution in [0.15, 0.2) is 48.8 Å². The zero-order valence-corrected chi connectivity index (χ0v) is 11.3.